The Balaban J connectivity index is 1.49. The third-order valence-electron chi connectivity index (χ3n) is 4.30. The average Bonchev–Trinajstić information content (AvgIpc) is 3.05. The van der Waals surface area contributed by atoms with Gasteiger partial charge in [0.05, 0.1) is 10.0 Å². The Bertz CT molecular complexity index is 725. The molecule has 0 unspecified atom stereocenters. The summed E-state index contributed by atoms with van der Waals surface area (Å²) < 4.78 is 0.833. The molecule has 0 amide bonds. The second kappa shape index (κ2) is 8.45. The van der Waals surface area contributed by atoms with E-state index in [2.05, 4.69) is 26.2 Å². The van der Waals surface area contributed by atoms with E-state index in [1.165, 1.54) is 4.88 Å². The molecule has 0 spiro atoms. The minimum absolute atomic E-state index is 0.341. The van der Waals surface area contributed by atoms with Crippen molar-refractivity contribution >= 4 is 34.6 Å². The van der Waals surface area contributed by atoms with E-state index in [9.17, 15) is 5.11 Å². The van der Waals surface area contributed by atoms with Crippen molar-refractivity contribution in [3.8, 4) is 5.75 Å². The van der Waals surface area contributed by atoms with Crippen LogP contribution in [0.1, 0.15) is 4.88 Å². The van der Waals surface area contributed by atoms with E-state index < -0.39 is 0 Å². The van der Waals surface area contributed by atoms with Gasteiger partial charge >= 0.3 is 0 Å². The van der Waals surface area contributed by atoms with E-state index in [4.69, 9.17) is 11.6 Å². The molecule has 0 bridgehead atoms. The van der Waals surface area contributed by atoms with Gasteiger partial charge in [-0.3, -0.25) is 4.99 Å². The lowest BCUT2D eigenvalue weighted by atomic mass is 10.2. The van der Waals surface area contributed by atoms with E-state index in [0.29, 0.717) is 5.75 Å². The molecule has 2 heterocycles. The van der Waals surface area contributed by atoms with E-state index >= 15 is 0 Å². The van der Waals surface area contributed by atoms with Crippen molar-refractivity contribution in [1.82, 2.24) is 10.2 Å². The van der Waals surface area contributed by atoms with Gasteiger partial charge < -0.3 is 20.2 Å². The number of hydrogen-bond donors (Lipinski definition) is 2. The fraction of sp³-hybridized carbons (Fsp3) is 0.389. The molecule has 3 rings (SSSR count). The SMILES string of the molecule is CN=C(NCCc1ccc(Cl)s1)N1CCN(c2ccccc2O)CC1. The number of aliphatic imine (C=N–C) groups is 1. The number of guanidine groups is 1. The van der Waals surface area contributed by atoms with Gasteiger partial charge in [0.25, 0.3) is 0 Å². The highest BCUT2D eigenvalue weighted by molar-refractivity contribution is 7.16. The van der Waals surface area contributed by atoms with Crippen molar-refractivity contribution in [3.05, 3.63) is 45.6 Å². The molecule has 0 saturated carbocycles. The maximum Gasteiger partial charge on any atom is 0.193 e. The second-order valence-corrected chi connectivity index (χ2v) is 7.69. The van der Waals surface area contributed by atoms with Crippen molar-refractivity contribution in [2.24, 2.45) is 4.99 Å². The van der Waals surface area contributed by atoms with Crippen LogP contribution in [0, 0.1) is 0 Å². The van der Waals surface area contributed by atoms with Gasteiger partial charge in [-0.2, -0.15) is 0 Å². The molecule has 2 aromatic rings. The number of nitrogens with zero attached hydrogens (tertiary/aromatic N) is 3. The van der Waals surface area contributed by atoms with Crippen molar-refractivity contribution in [2.45, 2.75) is 6.42 Å². The van der Waals surface area contributed by atoms with Gasteiger partial charge in [0, 0.05) is 44.6 Å². The van der Waals surface area contributed by atoms with Crippen molar-refractivity contribution in [3.63, 3.8) is 0 Å². The van der Waals surface area contributed by atoms with Gasteiger partial charge in [-0.25, -0.2) is 0 Å². The summed E-state index contributed by atoms with van der Waals surface area (Å²) in [5, 5.41) is 13.4. The van der Waals surface area contributed by atoms with Crippen LogP contribution < -0.4 is 10.2 Å². The largest absolute Gasteiger partial charge is 0.506 e. The number of benzene rings is 1. The molecule has 134 valence electrons. The van der Waals surface area contributed by atoms with Crippen LogP contribution in [0.2, 0.25) is 4.34 Å². The molecule has 0 radical (unpaired) electrons. The molecule has 25 heavy (non-hydrogen) atoms. The van der Waals surface area contributed by atoms with Crippen LogP contribution in [-0.2, 0) is 6.42 Å². The average molecular weight is 379 g/mol. The Hall–Kier alpha value is -1.92. The number of hydrogen-bond acceptors (Lipinski definition) is 4. The molecule has 0 atom stereocenters. The Morgan fingerprint density at radius 1 is 1.20 bits per heavy atom. The predicted octanol–water partition coefficient (Wildman–Crippen LogP) is 3.05. The zero-order valence-electron chi connectivity index (χ0n) is 14.3. The van der Waals surface area contributed by atoms with Gasteiger partial charge in [-0.1, -0.05) is 23.7 Å². The fourth-order valence-electron chi connectivity index (χ4n) is 3.01. The van der Waals surface area contributed by atoms with E-state index in [0.717, 1.165) is 55.1 Å². The number of halogens is 1. The highest BCUT2D eigenvalue weighted by Crippen LogP contribution is 2.27. The van der Waals surface area contributed by atoms with Crippen molar-refractivity contribution in [2.75, 3.05) is 44.7 Å². The second-order valence-electron chi connectivity index (χ2n) is 5.89. The quantitative estimate of drug-likeness (QED) is 0.634. The van der Waals surface area contributed by atoms with Gasteiger partial charge in [0.1, 0.15) is 5.75 Å². The van der Waals surface area contributed by atoms with Crippen LogP contribution in [0.4, 0.5) is 5.69 Å². The number of piperazine rings is 1. The molecule has 1 fully saturated rings. The minimum Gasteiger partial charge on any atom is -0.506 e. The Kier molecular flexibility index (Phi) is 6.04. The number of aromatic hydroxyl groups is 1. The molecule has 1 saturated heterocycles. The van der Waals surface area contributed by atoms with Gasteiger partial charge in [0.2, 0.25) is 0 Å². The first-order valence-corrected chi connectivity index (χ1v) is 9.59. The van der Waals surface area contributed by atoms with Crippen LogP contribution in [0.3, 0.4) is 0 Å². The van der Waals surface area contributed by atoms with Crippen molar-refractivity contribution in [1.29, 1.82) is 0 Å². The molecular weight excluding hydrogens is 356 g/mol. The summed E-state index contributed by atoms with van der Waals surface area (Å²) in [5.74, 6) is 1.27. The fourth-order valence-corrected chi connectivity index (χ4v) is 4.09. The third kappa shape index (κ3) is 4.58. The molecule has 2 N–H and O–H groups in total. The molecule has 1 aliphatic rings. The number of thiophene rings is 1. The number of para-hydroxylation sites is 2. The number of phenols is 1. The molecule has 1 aromatic heterocycles. The maximum atomic E-state index is 10.0. The standard InChI is InChI=1S/C18H23ClN4OS/c1-20-18(21-9-8-14-6-7-17(19)25-14)23-12-10-22(11-13-23)15-4-2-3-5-16(15)24/h2-7,24H,8-13H2,1H3,(H,20,21). The molecule has 7 heteroatoms. The van der Waals surface area contributed by atoms with Gasteiger partial charge in [0.15, 0.2) is 5.96 Å². The summed E-state index contributed by atoms with van der Waals surface area (Å²) in [6.45, 7) is 4.30. The van der Waals surface area contributed by atoms with Crippen LogP contribution in [0.15, 0.2) is 41.4 Å². The van der Waals surface area contributed by atoms with E-state index in [1.54, 1.807) is 17.4 Å². The normalized spacial score (nSPS) is 15.5. The smallest absolute Gasteiger partial charge is 0.193 e. The predicted molar refractivity (Wildman–Crippen MR) is 106 cm³/mol. The van der Waals surface area contributed by atoms with E-state index in [-0.39, 0.29) is 0 Å². The summed E-state index contributed by atoms with van der Waals surface area (Å²) in [7, 11) is 1.82. The van der Waals surface area contributed by atoms with Crippen LogP contribution >= 0.6 is 22.9 Å². The van der Waals surface area contributed by atoms with Crippen LogP contribution in [0.25, 0.3) is 0 Å². The minimum atomic E-state index is 0.341. The van der Waals surface area contributed by atoms with Crippen molar-refractivity contribution < 1.29 is 5.11 Å². The maximum absolute atomic E-state index is 10.0. The summed E-state index contributed by atoms with van der Waals surface area (Å²) in [6.07, 6.45) is 0.939. The lowest BCUT2D eigenvalue weighted by Gasteiger charge is -2.37. The Labute approximate surface area is 157 Å². The van der Waals surface area contributed by atoms with Crippen LogP contribution in [0.5, 0.6) is 5.75 Å². The van der Waals surface area contributed by atoms with Crippen LogP contribution in [-0.4, -0.2) is 55.7 Å². The molecule has 1 aliphatic heterocycles. The highest BCUT2D eigenvalue weighted by Gasteiger charge is 2.21. The first-order chi connectivity index (χ1) is 12.2. The number of phenolic OH excluding ortho intramolecular Hbond substituents is 1. The first-order valence-electron chi connectivity index (χ1n) is 8.40. The molecule has 5 nitrogen and oxygen atoms in total. The highest BCUT2D eigenvalue weighted by atomic mass is 35.5. The monoisotopic (exact) mass is 378 g/mol. The number of rotatable bonds is 4. The van der Waals surface area contributed by atoms with Gasteiger partial charge in [-0.05, 0) is 30.7 Å². The summed E-state index contributed by atoms with van der Waals surface area (Å²) >= 11 is 7.59. The number of anilines is 1. The summed E-state index contributed by atoms with van der Waals surface area (Å²) in [6, 6.07) is 11.5. The Morgan fingerprint density at radius 3 is 2.60 bits per heavy atom. The lowest BCUT2D eigenvalue weighted by Crippen LogP contribution is -2.52. The van der Waals surface area contributed by atoms with Gasteiger partial charge in [-0.15, -0.1) is 11.3 Å². The third-order valence-corrected chi connectivity index (χ3v) is 5.59. The molecular formula is C18H23ClN4OS. The Morgan fingerprint density at radius 2 is 1.96 bits per heavy atom. The zero-order chi connectivity index (χ0) is 17.6. The molecule has 1 aromatic carbocycles. The summed E-state index contributed by atoms with van der Waals surface area (Å²) in [4.78, 5) is 10.2. The zero-order valence-corrected chi connectivity index (χ0v) is 15.9. The lowest BCUT2D eigenvalue weighted by molar-refractivity contribution is 0.370. The molecule has 0 aliphatic carbocycles. The van der Waals surface area contributed by atoms with E-state index in [1.807, 2.05) is 31.3 Å². The first kappa shape index (κ1) is 17.9. The topological polar surface area (TPSA) is 51.1 Å². The summed E-state index contributed by atoms with van der Waals surface area (Å²) in [5.41, 5.74) is 0.902. The number of nitrogens with one attached hydrogen (secondary N) is 1.